The molecule has 0 aromatic heterocycles. The van der Waals surface area contributed by atoms with Gasteiger partial charge in [-0.25, -0.2) is 0 Å². The molecule has 2 atom stereocenters. The molecule has 1 aromatic rings. The molecule has 0 radical (unpaired) electrons. The van der Waals surface area contributed by atoms with E-state index in [-0.39, 0.29) is 16.7 Å². The van der Waals surface area contributed by atoms with Gasteiger partial charge < -0.3 is 4.74 Å². The molecule has 80 valence electrons. The Morgan fingerprint density at radius 2 is 2.07 bits per heavy atom. The smallest absolute Gasteiger partial charge is 0.320 e. The molecule has 3 heteroatoms. The molecule has 0 saturated carbocycles. The lowest BCUT2D eigenvalue weighted by molar-refractivity contribution is -0.142. The Morgan fingerprint density at radius 3 is 2.67 bits per heavy atom. The van der Waals surface area contributed by atoms with Crippen LogP contribution in [-0.4, -0.2) is 16.7 Å². The molecule has 2 nitrogen and oxygen atoms in total. The van der Waals surface area contributed by atoms with Crippen LogP contribution in [-0.2, 0) is 16.0 Å². The van der Waals surface area contributed by atoms with Crippen molar-refractivity contribution in [3.8, 4) is 0 Å². The highest BCUT2D eigenvalue weighted by Gasteiger charge is 2.30. The van der Waals surface area contributed by atoms with Gasteiger partial charge in [-0.3, -0.25) is 4.79 Å². The Morgan fingerprint density at radius 1 is 1.33 bits per heavy atom. The number of aryl methyl sites for hydroxylation is 1. The van der Waals surface area contributed by atoms with Crippen molar-refractivity contribution in [2.24, 2.45) is 0 Å². The molecule has 1 heterocycles. The minimum Gasteiger partial charge on any atom is -0.450 e. The standard InChI is InChI=1S/C12H14O2S/c1-9-12(13)14-11(15-9)8-7-10-5-3-2-4-6-10/h2-6,9,11H,7-8H2,1H3. The summed E-state index contributed by atoms with van der Waals surface area (Å²) in [5, 5.41) is 0.00535. The van der Waals surface area contributed by atoms with E-state index >= 15 is 0 Å². The molecule has 0 spiro atoms. The van der Waals surface area contributed by atoms with E-state index in [9.17, 15) is 4.79 Å². The van der Waals surface area contributed by atoms with Crippen molar-refractivity contribution >= 4 is 17.7 Å². The number of carbonyl (C=O) groups is 1. The van der Waals surface area contributed by atoms with Crippen molar-refractivity contribution in [3.63, 3.8) is 0 Å². The van der Waals surface area contributed by atoms with Crippen LogP contribution in [0.3, 0.4) is 0 Å². The Balaban J connectivity index is 1.82. The zero-order chi connectivity index (χ0) is 10.7. The van der Waals surface area contributed by atoms with E-state index in [1.54, 1.807) is 11.8 Å². The first-order valence-corrected chi connectivity index (χ1v) is 6.10. The number of carbonyl (C=O) groups excluding carboxylic acids is 1. The van der Waals surface area contributed by atoms with E-state index in [0.717, 1.165) is 12.8 Å². The largest absolute Gasteiger partial charge is 0.450 e. The molecular formula is C12H14O2S. The summed E-state index contributed by atoms with van der Waals surface area (Å²) >= 11 is 1.62. The Hall–Kier alpha value is -0.960. The highest BCUT2D eigenvalue weighted by Crippen LogP contribution is 2.30. The fourth-order valence-corrected chi connectivity index (χ4v) is 2.62. The maximum absolute atomic E-state index is 11.2. The normalized spacial score (nSPS) is 25.3. The third-order valence-electron chi connectivity index (χ3n) is 2.45. The molecule has 0 N–H and O–H groups in total. The summed E-state index contributed by atoms with van der Waals surface area (Å²) in [5.74, 6) is -0.0712. The van der Waals surface area contributed by atoms with Crippen LogP contribution in [0.15, 0.2) is 30.3 Å². The fraction of sp³-hybridized carbons (Fsp3) is 0.417. The maximum Gasteiger partial charge on any atom is 0.320 e. The predicted octanol–water partition coefficient (Wildman–Crippen LogP) is 2.62. The first kappa shape index (κ1) is 10.6. The van der Waals surface area contributed by atoms with Gasteiger partial charge in [0.15, 0.2) is 0 Å². The monoisotopic (exact) mass is 222 g/mol. The number of ether oxygens (including phenoxy) is 1. The average Bonchev–Trinajstić information content (AvgIpc) is 2.57. The van der Waals surface area contributed by atoms with Crippen LogP contribution in [0.4, 0.5) is 0 Å². The minimum absolute atomic E-state index is 0.00535. The molecule has 2 rings (SSSR count). The minimum atomic E-state index is -0.0712. The first-order chi connectivity index (χ1) is 7.25. The van der Waals surface area contributed by atoms with E-state index in [1.807, 2.05) is 25.1 Å². The maximum atomic E-state index is 11.2. The number of hydrogen-bond acceptors (Lipinski definition) is 3. The van der Waals surface area contributed by atoms with Crippen LogP contribution in [0.25, 0.3) is 0 Å². The molecule has 1 fully saturated rings. The first-order valence-electron chi connectivity index (χ1n) is 5.15. The van der Waals surface area contributed by atoms with Crippen LogP contribution >= 0.6 is 11.8 Å². The van der Waals surface area contributed by atoms with Gasteiger partial charge in [0.25, 0.3) is 0 Å². The summed E-state index contributed by atoms with van der Waals surface area (Å²) in [6.45, 7) is 1.90. The molecule has 1 aliphatic heterocycles. The lowest BCUT2D eigenvalue weighted by atomic mass is 10.1. The number of esters is 1. The SMILES string of the molecule is CC1SC(CCc2ccccc2)OC1=O. The van der Waals surface area contributed by atoms with Crippen molar-refractivity contribution in [1.29, 1.82) is 0 Å². The number of thioether (sulfide) groups is 1. The van der Waals surface area contributed by atoms with Crippen molar-refractivity contribution < 1.29 is 9.53 Å². The molecule has 0 aliphatic carbocycles. The molecule has 0 amide bonds. The second kappa shape index (κ2) is 4.71. The summed E-state index contributed by atoms with van der Waals surface area (Å²) in [4.78, 5) is 11.2. The zero-order valence-electron chi connectivity index (χ0n) is 8.68. The van der Waals surface area contributed by atoms with Gasteiger partial charge in [-0.05, 0) is 25.3 Å². The molecule has 2 unspecified atom stereocenters. The molecule has 15 heavy (non-hydrogen) atoms. The van der Waals surface area contributed by atoms with Crippen LogP contribution < -0.4 is 0 Å². The van der Waals surface area contributed by atoms with Crippen molar-refractivity contribution in [3.05, 3.63) is 35.9 Å². The van der Waals surface area contributed by atoms with Gasteiger partial charge in [-0.2, -0.15) is 0 Å². The van der Waals surface area contributed by atoms with Crippen LogP contribution in [0.5, 0.6) is 0 Å². The lowest BCUT2D eigenvalue weighted by Crippen LogP contribution is -2.08. The van der Waals surface area contributed by atoms with Crippen molar-refractivity contribution in [2.75, 3.05) is 0 Å². The fourth-order valence-electron chi connectivity index (χ4n) is 1.59. The Labute approximate surface area is 94.0 Å². The van der Waals surface area contributed by atoms with Gasteiger partial charge in [0.2, 0.25) is 0 Å². The van der Waals surface area contributed by atoms with Crippen molar-refractivity contribution in [2.45, 2.75) is 30.5 Å². The zero-order valence-corrected chi connectivity index (χ0v) is 9.50. The predicted molar refractivity (Wildman–Crippen MR) is 61.7 cm³/mol. The van der Waals surface area contributed by atoms with E-state index in [1.165, 1.54) is 5.56 Å². The molecular weight excluding hydrogens is 208 g/mol. The van der Waals surface area contributed by atoms with Gasteiger partial charge in [0.05, 0.1) is 0 Å². The number of benzene rings is 1. The second-order valence-electron chi connectivity index (χ2n) is 3.67. The van der Waals surface area contributed by atoms with E-state index in [4.69, 9.17) is 4.74 Å². The number of hydrogen-bond donors (Lipinski definition) is 0. The lowest BCUT2D eigenvalue weighted by Gasteiger charge is -2.07. The van der Waals surface area contributed by atoms with Gasteiger partial charge in [-0.15, -0.1) is 11.8 Å². The second-order valence-corrected chi connectivity index (χ2v) is 5.17. The third-order valence-corrected chi connectivity index (χ3v) is 3.68. The van der Waals surface area contributed by atoms with Gasteiger partial charge in [-0.1, -0.05) is 30.3 Å². The number of rotatable bonds is 3. The molecule has 1 saturated heterocycles. The quantitative estimate of drug-likeness (QED) is 0.735. The van der Waals surface area contributed by atoms with Crippen LogP contribution in [0.1, 0.15) is 18.9 Å². The van der Waals surface area contributed by atoms with E-state index in [2.05, 4.69) is 12.1 Å². The summed E-state index contributed by atoms with van der Waals surface area (Å²) in [6, 6.07) is 10.3. The Bertz CT molecular complexity index is 337. The summed E-state index contributed by atoms with van der Waals surface area (Å²) < 4.78 is 5.22. The van der Waals surface area contributed by atoms with E-state index < -0.39 is 0 Å². The van der Waals surface area contributed by atoms with Gasteiger partial charge >= 0.3 is 5.97 Å². The highest BCUT2D eigenvalue weighted by molar-refractivity contribution is 8.01. The summed E-state index contributed by atoms with van der Waals surface area (Å²) in [6.07, 6.45) is 1.88. The molecule has 1 aromatic carbocycles. The molecule has 1 aliphatic rings. The highest BCUT2D eigenvalue weighted by atomic mass is 32.2. The van der Waals surface area contributed by atoms with E-state index in [0.29, 0.717) is 0 Å². The van der Waals surface area contributed by atoms with Gasteiger partial charge in [0, 0.05) is 0 Å². The third kappa shape index (κ3) is 2.75. The summed E-state index contributed by atoms with van der Waals surface area (Å²) in [7, 11) is 0. The topological polar surface area (TPSA) is 26.3 Å². The Kier molecular flexibility index (Phi) is 3.31. The summed E-state index contributed by atoms with van der Waals surface area (Å²) in [5.41, 5.74) is 1.35. The van der Waals surface area contributed by atoms with Crippen LogP contribution in [0, 0.1) is 0 Å². The van der Waals surface area contributed by atoms with Crippen LogP contribution in [0.2, 0.25) is 0 Å². The molecule has 0 bridgehead atoms. The average molecular weight is 222 g/mol. The van der Waals surface area contributed by atoms with Gasteiger partial charge in [0.1, 0.15) is 10.7 Å². The number of cyclic esters (lactones) is 1. The van der Waals surface area contributed by atoms with Crippen molar-refractivity contribution in [1.82, 2.24) is 0 Å².